The van der Waals surface area contributed by atoms with E-state index >= 15 is 0 Å². The second-order valence-electron chi connectivity index (χ2n) is 3.74. The molecule has 1 N–H and O–H groups in total. The first-order chi connectivity index (χ1) is 8.49. The van der Waals surface area contributed by atoms with Gasteiger partial charge in [0, 0.05) is 16.1 Å². The Bertz CT molecular complexity index is 589. The Morgan fingerprint density at radius 2 is 1.83 bits per heavy atom. The molecule has 2 rings (SSSR count). The molecule has 0 aromatic heterocycles. The number of aliphatic hydroxyl groups excluding tert-OH is 1. The summed E-state index contributed by atoms with van der Waals surface area (Å²) in [6.07, 6.45) is -1.17. The Kier molecular flexibility index (Phi) is 4.00. The molecule has 0 heterocycles. The molecule has 0 aliphatic heterocycles. The van der Waals surface area contributed by atoms with Crippen molar-refractivity contribution in [2.24, 2.45) is 0 Å². The topological polar surface area (TPSA) is 20.2 Å². The van der Waals surface area contributed by atoms with Crippen LogP contribution in [-0.2, 0) is 0 Å². The summed E-state index contributed by atoms with van der Waals surface area (Å²) in [5, 5.41) is 10.5. The van der Waals surface area contributed by atoms with E-state index in [9.17, 15) is 13.9 Å². The SMILES string of the molecule is OC(c1ccc(Cl)c(Br)c1)c1ccc(F)cc1F. The molecule has 2 aromatic rings. The molecule has 5 heteroatoms. The molecule has 0 saturated heterocycles. The summed E-state index contributed by atoms with van der Waals surface area (Å²) in [6, 6.07) is 7.83. The molecule has 0 aliphatic rings. The Balaban J connectivity index is 2.41. The second kappa shape index (κ2) is 5.34. The molecule has 0 spiro atoms. The number of rotatable bonds is 2. The summed E-state index contributed by atoms with van der Waals surface area (Å²) in [7, 11) is 0. The van der Waals surface area contributed by atoms with Gasteiger partial charge in [-0.15, -0.1) is 0 Å². The summed E-state index contributed by atoms with van der Waals surface area (Å²) in [5.74, 6) is -1.46. The smallest absolute Gasteiger partial charge is 0.132 e. The highest BCUT2D eigenvalue weighted by molar-refractivity contribution is 9.10. The van der Waals surface area contributed by atoms with E-state index in [4.69, 9.17) is 11.6 Å². The monoisotopic (exact) mass is 332 g/mol. The third kappa shape index (κ3) is 2.71. The van der Waals surface area contributed by atoms with E-state index in [2.05, 4.69) is 15.9 Å². The molecule has 0 saturated carbocycles. The first-order valence-corrected chi connectivity index (χ1v) is 6.24. The highest BCUT2D eigenvalue weighted by Crippen LogP contribution is 2.30. The molecule has 0 bridgehead atoms. The van der Waals surface area contributed by atoms with Gasteiger partial charge in [0.05, 0.1) is 5.02 Å². The minimum absolute atomic E-state index is 0.0191. The zero-order chi connectivity index (χ0) is 13.3. The third-order valence-electron chi connectivity index (χ3n) is 2.52. The van der Waals surface area contributed by atoms with Gasteiger partial charge in [-0.3, -0.25) is 0 Å². The Hall–Kier alpha value is -0.970. The molecule has 0 fully saturated rings. The third-order valence-corrected chi connectivity index (χ3v) is 3.73. The standard InChI is InChI=1S/C13H8BrClF2O/c14-10-5-7(1-4-11(10)15)13(18)9-3-2-8(16)6-12(9)17/h1-6,13,18H. The van der Waals surface area contributed by atoms with Crippen LogP contribution in [0.5, 0.6) is 0 Å². The molecule has 18 heavy (non-hydrogen) atoms. The summed E-state index contributed by atoms with van der Waals surface area (Å²) in [6.45, 7) is 0. The van der Waals surface area contributed by atoms with Gasteiger partial charge in [-0.1, -0.05) is 23.7 Å². The Morgan fingerprint density at radius 3 is 2.44 bits per heavy atom. The van der Waals surface area contributed by atoms with Gasteiger partial charge in [0.2, 0.25) is 0 Å². The first kappa shape index (κ1) is 13.5. The maximum atomic E-state index is 13.5. The van der Waals surface area contributed by atoms with Crippen LogP contribution in [-0.4, -0.2) is 5.11 Å². The van der Waals surface area contributed by atoms with E-state index < -0.39 is 17.7 Å². The van der Waals surface area contributed by atoms with Gasteiger partial charge in [0.25, 0.3) is 0 Å². The second-order valence-corrected chi connectivity index (χ2v) is 5.00. The van der Waals surface area contributed by atoms with Gasteiger partial charge in [-0.2, -0.15) is 0 Å². The van der Waals surface area contributed by atoms with Crippen molar-refractivity contribution in [3.8, 4) is 0 Å². The molecule has 0 radical (unpaired) electrons. The fourth-order valence-corrected chi connectivity index (χ4v) is 2.10. The number of halogens is 4. The quantitative estimate of drug-likeness (QED) is 0.860. The molecule has 0 aliphatic carbocycles. The van der Waals surface area contributed by atoms with Crippen molar-refractivity contribution < 1.29 is 13.9 Å². The van der Waals surface area contributed by atoms with Crippen LogP contribution >= 0.6 is 27.5 Å². The molecule has 1 unspecified atom stereocenters. The van der Waals surface area contributed by atoms with Gasteiger partial charge < -0.3 is 5.11 Å². The van der Waals surface area contributed by atoms with Gasteiger partial charge in [-0.25, -0.2) is 8.78 Å². The van der Waals surface area contributed by atoms with E-state index in [1.807, 2.05) is 0 Å². The summed E-state index contributed by atoms with van der Waals surface area (Å²) >= 11 is 9.05. The number of aliphatic hydroxyl groups is 1. The van der Waals surface area contributed by atoms with Crippen molar-refractivity contribution in [3.05, 3.63) is 68.7 Å². The predicted octanol–water partition coefficient (Wildman–Crippen LogP) is 4.46. The highest BCUT2D eigenvalue weighted by Gasteiger charge is 2.16. The average Bonchev–Trinajstić information content (AvgIpc) is 2.32. The lowest BCUT2D eigenvalue weighted by atomic mass is 10.0. The van der Waals surface area contributed by atoms with Crippen LogP contribution in [0.3, 0.4) is 0 Å². The summed E-state index contributed by atoms with van der Waals surface area (Å²) < 4.78 is 26.9. The lowest BCUT2D eigenvalue weighted by Crippen LogP contribution is -2.03. The van der Waals surface area contributed by atoms with Crippen LogP contribution < -0.4 is 0 Å². The number of hydrogen-bond acceptors (Lipinski definition) is 1. The van der Waals surface area contributed by atoms with Crippen LogP contribution in [0, 0.1) is 11.6 Å². The zero-order valence-corrected chi connectivity index (χ0v) is 11.3. The number of benzene rings is 2. The average molecular weight is 334 g/mol. The molecule has 0 amide bonds. The van der Waals surface area contributed by atoms with Crippen molar-refractivity contribution in [3.63, 3.8) is 0 Å². The number of hydrogen-bond donors (Lipinski definition) is 1. The van der Waals surface area contributed by atoms with E-state index in [-0.39, 0.29) is 5.56 Å². The van der Waals surface area contributed by atoms with Crippen LogP contribution in [0.1, 0.15) is 17.2 Å². The van der Waals surface area contributed by atoms with Gasteiger partial charge >= 0.3 is 0 Å². The minimum Gasteiger partial charge on any atom is -0.384 e. The lowest BCUT2D eigenvalue weighted by molar-refractivity contribution is 0.214. The van der Waals surface area contributed by atoms with Crippen LogP contribution in [0.15, 0.2) is 40.9 Å². The van der Waals surface area contributed by atoms with Crippen molar-refractivity contribution in [1.82, 2.24) is 0 Å². The van der Waals surface area contributed by atoms with Gasteiger partial charge in [0.1, 0.15) is 17.7 Å². The largest absolute Gasteiger partial charge is 0.384 e. The molecule has 1 nitrogen and oxygen atoms in total. The van der Waals surface area contributed by atoms with Crippen LogP contribution in [0.4, 0.5) is 8.78 Å². The van der Waals surface area contributed by atoms with Crippen molar-refractivity contribution in [1.29, 1.82) is 0 Å². The Morgan fingerprint density at radius 1 is 1.11 bits per heavy atom. The van der Waals surface area contributed by atoms with Crippen molar-refractivity contribution in [2.45, 2.75) is 6.10 Å². The van der Waals surface area contributed by atoms with E-state index in [0.29, 0.717) is 15.1 Å². The predicted molar refractivity (Wildman–Crippen MR) is 69.6 cm³/mol. The Labute approximate surface area is 116 Å². The highest BCUT2D eigenvalue weighted by atomic mass is 79.9. The molecule has 2 aromatic carbocycles. The van der Waals surface area contributed by atoms with Crippen LogP contribution in [0.25, 0.3) is 0 Å². The molecule has 1 atom stereocenters. The van der Waals surface area contributed by atoms with E-state index in [1.165, 1.54) is 6.07 Å². The van der Waals surface area contributed by atoms with Gasteiger partial charge in [0.15, 0.2) is 0 Å². The molecular weight excluding hydrogens is 325 g/mol. The lowest BCUT2D eigenvalue weighted by Gasteiger charge is -2.13. The van der Waals surface area contributed by atoms with E-state index in [1.54, 1.807) is 18.2 Å². The summed E-state index contributed by atoms with van der Waals surface area (Å²) in [4.78, 5) is 0. The van der Waals surface area contributed by atoms with Crippen LogP contribution in [0.2, 0.25) is 5.02 Å². The maximum Gasteiger partial charge on any atom is 0.132 e. The van der Waals surface area contributed by atoms with Crippen molar-refractivity contribution in [2.75, 3.05) is 0 Å². The minimum atomic E-state index is -1.17. The van der Waals surface area contributed by atoms with Crippen molar-refractivity contribution >= 4 is 27.5 Å². The van der Waals surface area contributed by atoms with E-state index in [0.717, 1.165) is 12.1 Å². The molecule has 94 valence electrons. The fourth-order valence-electron chi connectivity index (χ4n) is 1.59. The normalized spacial score (nSPS) is 12.5. The first-order valence-electron chi connectivity index (χ1n) is 5.07. The summed E-state index contributed by atoms with van der Waals surface area (Å²) in [5.41, 5.74) is 0.488. The zero-order valence-electron chi connectivity index (χ0n) is 9.00. The molecular formula is C13H8BrClF2O. The van der Waals surface area contributed by atoms with Gasteiger partial charge in [-0.05, 0) is 39.7 Å². The maximum absolute atomic E-state index is 13.5. The fraction of sp³-hybridized carbons (Fsp3) is 0.0769.